The van der Waals surface area contributed by atoms with Crippen LogP contribution in [-0.2, 0) is 0 Å². The molecule has 1 fully saturated rings. The van der Waals surface area contributed by atoms with E-state index in [-0.39, 0.29) is 17.9 Å². The van der Waals surface area contributed by atoms with Gasteiger partial charge in [0.1, 0.15) is 23.6 Å². The molecule has 4 aromatic rings. The Hall–Kier alpha value is -3.13. The second kappa shape index (κ2) is 5.95. The van der Waals surface area contributed by atoms with Crippen LogP contribution in [0, 0.1) is 0 Å². The van der Waals surface area contributed by atoms with Crippen molar-refractivity contribution in [3.8, 4) is 17.1 Å². The van der Waals surface area contributed by atoms with Crippen molar-refractivity contribution in [3.05, 3.63) is 30.6 Å². The van der Waals surface area contributed by atoms with Gasteiger partial charge in [-0.25, -0.2) is 14.6 Å². The number of nitrogens with one attached hydrogen (secondary N) is 1. The number of benzene rings is 1. The molecule has 1 aliphatic rings. The number of aliphatic hydroxyl groups is 1. The molecule has 1 saturated carbocycles. The van der Waals surface area contributed by atoms with Crippen molar-refractivity contribution in [3.63, 3.8) is 0 Å². The van der Waals surface area contributed by atoms with Crippen LogP contribution < -0.4 is 5.73 Å². The maximum Gasteiger partial charge on any atom is 0.164 e. The van der Waals surface area contributed by atoms with E-state index >= 15 is 0 Å². The zero-order chi connectivity index (χ0) is 18.5. The fourth-order valence-electron chi connectivity index (χ4n) is 3.99. The minimum atomic E-state index is -0.233. The number of H-pyrrole nitrogens is 1. The molecule has 0 aliphatic heterocycles. The molecule has 0 amide bonds. The van der Waals surface area contributed by atoms with E-state index in [1.165, 1.54) is 6.33 Å². The van der Waals surface area contributed by atoms with Gasteiger partial charge in [-0.3, -0.25) is 0 Å². The average molecular weight is 364 g/mol. The van der Waals surface area contributed by atoms with Crippen LogP contribution in [0.3, 0.4) is 0 Å². The summed E-state index contributed by atoms with van der Waals surface area (Å²) in [6.07, 6.45) is 4.44. The third kappa shape index (κ3) is 2.60. The number of phenolic OH excluding ortho intramolecular Hbond substituents is 1. The topological polar surface area (TPSA) is 126 Å². The number of hydrogen-bond acceptors (Lipinski definition) is 6. The van der Waals surface area contributed by atoms with E-state index in [1.54, 1.807) is 12.1 Å². The first-order chi connectivity index (χ1) is 13.1. The van der Waals surface area contributed by atoms with Gasteiger partial charge in [-0.1, -0.05) is 0 Å². The monoisotopic (exact) mass is 364 g/mol. The SMILES string of the molecule is Nc1ncnc2c1c(-c1cc3cc(O)ccc3[nH]1)nn2C1CCC(O)CC1. The Morgan fingerprint density at radius 2 is 1.93 bits per heavy atom. The lowest BCUT2D eigenvalue weighted by Gasteiger charge is -2.25. The molecule has 0 atom stereocenters. The molecule has 1 aromatic carbocycles. The van der Waals surface area contributed by atoms with Crippen molar-refractivity contribution < 1.29 is 10.2 Å². The van der Waals surface area contributed by atoms with Gasteiger partial charge in [-0.2, -0.15) is 5.10 Å². The highest BCUT2D eigenvalue weighted by Crippen LogP contribution is 2.36. The Bertz CT molecular complexity index is 1140. The van der Waals surface area contributed by atoms with Gasteiger partial charge >= 0.3 is 0 Å². The van der Waals surface area contributed by atoms with Gasteiger partial charge in [0.25, 0.3) is 0 Å². The van der Waals surface area contributed by atoms with Crippen molar-refractivity contribution in [1.29, 1.82) is 0 Å². The van der Waals surface area contributed by atoms with Crippen molar-refractivity contribution in [2.45, 2.75) is 37.8 Å². The van der Waals surface area contributed by atoms with Crippen LogP contribution in [0.25, 0.3) is 33.3 Å². The number of rotatable bonds is 2. The molecule has 138 valence electrons. The summed E-state index contributed by atoms with van der Waals surface area (Å²) in [5, 5.41) is 26.0. The van der Waals surface area contributed by atoms with E-state index in [0.29, 0.717) is 17.2 Å². The van der Waals surface area contributed by atoms with Crippen LogP contribution >= 0.6 is 0 Å². The summed E-state index contributed by atoms with van der Waals surface area (Å²) in [6, 6.07) is 7.29. The molecule has 1 aliphatic carbocycles. The number of fused-ring (bicyclic) bond motifs is 2. The summed E-state index contributed by atoms with van der Waals surface area (Å²) in [7, 11) is 0. The maximum atomic E-state index is 9.82. The Labute approximate surface area is 154 Å². The molecule has 3 heterocycles. The Balaban J connectivity index is 1.69. The summed E-state index contributed by atoms with van der Waals surface area (Å²) in [4.78, 5) is 11.9. The van der Waals surface area contributed by atoms with Gasteiger partial charge < -0.3 is 20.9 Å². The highest BCUT2D eigenvalue weighted by molar-refractivity contribution is 6.00. The van der Waals surface area contributed by atoms with Crippen LogP contribution in [0.2, 0.25) is 0 Å². The minimum Gasteiger partial charge on any atom is -0.508 e. The van der Waals surface area contributed by atoms with E-state index in [4.69, 9.17) is 10.8 Å². The second-order valence-corrected chi connectivity index (χ2v) is 7.17. The molecule has 27 heavy (non-hydrogen) atoms. The number of hydrogen-bond donors (Lipinski definition) is 4. The molecule has 3 aromatic heterocycles. The molecular weight excluding hydrogens is 344 g/mol. The van der Waals surface area contributed by atoms with Crippen LogP contribution in [0.5, 0.6) is 5.75 Å². The fourth-order valence-corrected chi connectivity index (χ4v) is 3.99. The van der Waals surface area contributed by atoms with E-state index in [9.17, 15) is 10.2 Å². The van der Waals surface area contributed by atoms with E-state index in [0.717, 1.165) is 47.7 Å². The Kier molecular flexibility index (Phi) is 3.54. The molecule has 0 bridgehead atoms. The molecule has 0 spiro atoms. The van der Waals surface area contributed by atoms with Gasteiger partial charge in [0, 0.05) is 10.9 Å². The maximum absolute atomic E-state index is 9.82. The van der Waals surface area contributed by atoms with Crippen molar-refractivity contribution in [2.24, 2.45) is 0 Å². The molecule has 8 nitrogen and oxygen atoms in total. The largest absolute Gasteiger partial charge is 0.508 e. The fraction of sp³-hybridized carbons (Fsp3) is 0.316. The molecule has 0 unspecified atom stereocenters. The molecule has 8 heteroatoms. The lowest BCUT2D eigenvalue weighted by atomic mass is 9.93. The Morgan fingerprint density at radius 3 is 2.74 bits per heavy atom. The predicted octanol–water partition coefficient (Wildman–Crippen LogP) is 2.74. The summed E-state index contributed by atoms with van der Waals surface area (Å²) < 4.78 is 1.93. The predicted molar refractivity (Wildman–Crippen MR) is 102 cm³/mol. The lowest BCUT2D eigenvalue weighted by Crippen LogP contribution is -2.22. The first-order valence-corrected chi connectivity index (χ1v) is 9.09. The van der Waals surface area contributed by atoms with E-state index < -0.39 is 0 Å². The van der Waals surface area contributed by atoms with Crippen molar-refractivity contribution in [2.75, 3.05) is 5.73 Å². The van der Waals surface area contributed by atoms with Crippen molar-refractivity contribution >= 4 is 27.8 Å². The van der Waals surface area contributed by atoms with E-state index in [1.807, 2.05) is 16.8 Å². The van der Waals surface area contributed by atoms with Gasteiger partial charge in [-0.05, 0) is 49.9 Å². The third-order valence-corrected chi connectivity index (χ3v) is 5.39. The number of aromatic nitrogens is 5. The van der Waals surface area contributed by atoms with Crippen LogP contribution in [-0.4, -0.2) is 41.0 Å². The minimum absolute atomic E-state index is 0.173. The van der Waals surface area contributed by atoms with Crippen LogP contribution in [0.1, 0.15) is 31.7 Å². The number of nitrogens with zero attached hydrogens (tertiary/aromatic N) is 4. The number of aliphatic hydroxyl groups excluding tert-OH is 1. The summed E-state index contributed by atoms with van der Waals surface area (Å²) in [5.74, 6) is 0.602. The normalized spacial score (nSPS) is 20.5. The molecule has 5 N–H and O–H groups in total. The lowest BCUT2D eigenvalue weighted by molar-refractivity contribution is 0.109. The number of anilines is 1. The van der Waals surface area contributed by atoms with Gasteiger partial charge in [0.05, 0.1) is 23.2 Å². The zero-order valence-corrected chi connectivity index (χ0v) is 14.6. The summed E-state index contributed by atoms with van der Waals surface area (Å²) in [6.45, 7) is 0. The average Bonchev–Trinajstić information content (AvgIpc) is 3.24. The molecule has 5 rings (SSSR count). The highest BCUT2D eigenvalue weighted by Gasteiger charge is 2.26. The highest BCUT2D eigenvalue weighted by atomic mass is 16.3. The number of nitrogens with two attached hydrogens (primary N) is 1. The quantitative estimate of drug-likeness (QED) is 0.433. The molecular formula is C19H20N6O2. The molecule has 0 radical (unpaired) electrons. The number of nitrogen functional groups attached to an aromatic ring is 1. The van der Waals surface area contributed by atoms with Gasteiger partial charge in [0.2, 0.25) is 0 Å². The zero-order valence-electron chi connectivity index (χ0n) is 14.6. The number of aromatic hydroxyl groups is 1. The van der Waals surface area contributed by atoms with Crippen LogP contribution in [0.4, 0.5) is 5.82 Å². The number of aromatic amines is 1. The first kappa shape index (κ1) is 16.1. The number of phenols is 1. The smallest absolute Gasteiger partial charge is 0.164 e. The Morgan fingerprint density at radius 1 is 1.11 bits per heavy atom. The third-order valence-electron chi connectivity index (χ3n) is 5.39. The summed E-state index contributed by atoms with van der Waals surface area (Å²) in [5.41, 5.74) is 9.29. The standard InChI is InChI=1S/C19H20N6O2/c20-18-16-17(15-8-10-7-13(27)5-6-14(10)23-15)24-25(19(16)22-9-21-18)11-1-3-12(26)4-2-11/h5-9,11-12,23,26-27H,1-4H2,(H2,20,21,22). The second-order valence-electron chi connectivity index (χ2n) is 7.17. The van der Waals surface area contributed by atoms with E-state index in [2.05, 4.69) is 15.0 Å². The van der Waals surface area contributed by atoms with Crippen LogP contribution in [0.15, 0.2) is 30.6 Å². The van der Waals surface area contributed by atoms with Crippen molar-refractivity contribution in [1.82, 2.24) is 24.7 Å². The summed E-state index contributed by atoms with van der Waals surface area (Å²) >= 11 is 0. The first-order valence-electron chi connectivity index (χ1n) is 9.09. The van der Waals surface area contributed by atoms with Gasteiger partial charge in [0.15, 0.2) is 5.65 Å². The van der Waals surface area contributed by atoms with Gasteiger partial charge in [-0.15, -0.1) is 0 Å². The molecule has 0 saturated heterocycles.